The average molecular weight is 298 g/mol. The molecule has 1 aliphatic rings. The van der Waals surface area contributed by atoms with E-state index in [1.807, 2.05) is 33.9 Å². The molecule has 1 saturated heterocycles. The summed E-state index contributed by atoms with van der Waals surface area (Å²) in [5, 5.41) is 0. The van der Waals surface area contributed by atoms with Crippen LogP contribution in [0, 0.1) is 0 Å². The fourth-order valence-corrected chi connectivity index (χ4v) is 3.15. The number of nitrogens with zero attached hydrogens (tertiary/aromatic N) is 4. The molecule has 22 heavy (non-hydrogen) atoms. The Hall–Kier alpha value is -2.17. The number of hydrogen-bond donors (Lipinski definition) is 0. The monoisotopic (exact) mass is 298 g/mol. The Bertz CT molecular complexity index is 677. The topological polar surface area (TPSA) is 51.0 Å². The Kier molecular flexibility index (Phi) is 3.96. The fraction of sp³-hybridized carbons (Fsp3) is 0.471. The highest BCUT2D eigenvalue weighted by Gasteiger charge is 2.29. The molecule has 2 aromatic rings. The molecule has 0 aliphatic carbocycles. The second-order valence-electron chi connectivity index (χ2n) is 6.10. The predicted octanol–water partition coefficient (Wildman–Crippen LogP) is 3.07. The van der Waals surface area contributed by atoms with Crippen molar-refractivity contribution in [1.82, 2.24) is 19.4 Å². The van der Waals surface area contributed by atoms with E-state index in [4.69, 9.17) is 4.98 Å². The van der Waals surface area contributed by atoms with Crippen molar-refractivity contribution in [3.8, 4) is 5.82 Å². The van der Waals surface area contributed by atoms with Crippen molar-refractivity contribution in [1.29, 1.82) is 0 Å². The summed E-state index contributed by atoms with van der Waals surface area (Å²) in [6, 6.07) is 6.12. The molecule has 1 unspecified atom stereocenters. The normalized spacial score (nSPS) is 18.2. The number of pyridine rings is 1. The number of carbonyl (C=O) groups excluding carboxylic acids is 1. The van der Waals surface area contributed by atoms with Gasteiger partial charge in [0.25, 0.3) is 0 Å². The molecule has 5 heteroatoms. The van der Waals surface area contributed by atoms with Gasteiger partial charge < -0.3 is 4.90 Å². The molecule has 0 N–H and O–H groups in total. The summed E-state index contributed by atoms with van der Waals surface area (Å²) in [6.07, 6.45) is 5.77. The minimum absolute atomic E-state index is 0.100. The zero-order valence-electron chi connectivity index (χ0n) is 13.4. The Morgan fingerprint density at radius 2 is 2.18 bits per heavy atom. The van der Waals surface area contributed by atoms with Crippen LogP contribution in [0.15, 0.2) is 30.6 Å². The van der Waals surface area contributed by atoms with Gasteiger partial charge in [-0.2, -0.15) is 0 Å². The molecule has 3 heterocycles. The lowest BCUT2D eigenvalue weighted by Crippen LogP contribution is -2.28. The maximum Gasteiger partial charge on any atom is 0.220 e. The predicted molar refractivity (Wildman–Crippen MR) is 84.8 cm³/mol. The van der Waals surface area contributed by atoms with E-state index in [1.54, 1.807) is 13.1 Å². The minimum atomic E-state index is 0.100. The summed E-state index contributed by atoms with van der Waals surface area (Å²) in [5.74, 6) is 2.33. The highest BCUT2D eigenvalue weighted by molar-refractivity contribution is 5.74. The van der Waals surface area contributed by atoms with Crippen LogP contribution in [0.5, 0.6) is 0 Å². The van der Waals surface area contributed by atoms with Crippen molar-refractivity contribution in [3.05, 3.63) is 42.1 Å². The highest BCUT2D eigenvalue weighted by Crippen LogP contribution is 2.31. The summed E-state index contributed by atoms with van der Waals surface area (Å²) in [7, 11) is 0. The van der Waals surface area contributed by atoms with Crippen LogP contribution in [0.4, 0.5) is 0 Å². The molecular formula is C17H22N4O. The molecule has 0 saturated carbocycles. The first-order valence-electron chi connectivity index (χ1n) is 7.85. The van der Waals surface area contributed by atoms with Crippen LogP contribution >= 0.6 is 0 Å². The molecule has 1 aliphatic heterocycles. The Morgan fingerprint density at radius 3 is 2.91 bits per heavy atom. The van der Waals surface area contributed by atoms with E-state index >= 15 is 0 Å². The van der Waals surface area contributed by atoms with Gasteiger partial charge in [-0.3, -0.25) is 9.36 Å². The molecule has 0 aromatic carbocycles. The zero-order valence-corrected chi connectivity index (χ0v) is 13.4. The van der Waals surface area contributed by atoms with Crippen LogP contribution in [-0.2, 0) is 4.79 Å². The third-order valence-corrected chi connectivity index (χ3v) is 4.19. The second kappa shape index (κ2) is 5.91. The first-order chi connectivity index (χ1) is 10.6. The van der Waals surface area contributed by atoms with Crippen molar-refractivity contribution >= 4 is 5.91 Å². The Labute approximate surface area is 131 Å². The number of rotatable bonds is 3. The van der Waals surface area contributed by atoms with Crippen molar-refractivity contribution in [2.24, 2.45) is 0 Å². The molecule has 5 nitrogen and oxygen atoms in total. The van der Waals surface area contributed by atoms with Crippen LogP contribution in [0.2, 0.25) is 0 Å². The second-order valence-corrected chi connectivity index (χ2v) is 6.10. The van der Waals surface area contributed by atoms with Crippen LogP contribution in [0.1, 0.15) is 57.1 Å². The molecule has 0 spiro atoms. The van der Waals surface area contributed by atoms with E-state index in [2.05, 4.69) is 18.8 Å². The lowest BCUT2D eigenvalue weighted by atomic mass is 10.1. The Morgan fingerprint density at radius 1 is 1.36 bits per heavy atom. The molecule has 3 rings (SSSR count). The summed E-state index contributed by atoms with van der Waals surface area (Å²) in [6.45, 7) is 6.71. The lowest BCUT2D eigenvalue weighted by molar-refractivity contribution is -0.129. The van der Waals surface area contributed by atoms with Crippen LogP contribution in [-0.4, -0.2) is 31.9 Å². The third kappa shape index (κ3) is 2.63. The molecule has 1 atom stereocenters. The molecule has 0 bridgehead atoms. The van der Waals surface area contributed by atoms with Gasteiger partial charge in [0.1, 0.15) is 11.6 Å². The number of hydrogen-bond acceptors (Lipinski definition) is 3. The van der Waals surface area contributed by atoms with E-state index in [0.717, 1.165) is 36.7 Å². The summed E-state index contributed by atoms with van der Waals surface area (Å²) in [5.41, 5.74) is 0.966. The molecule has 116 valence electrons. The smallest absolute Gasteiger partial charge is 0.220 e. The molecule has 1 amide bonds. The molecule has 0 radical (unpaired) electrons. The first kappa shape index (κ1) is 14.8. The van der Waals surface area contributed by atoms with Gasteiger partial charge in [-0.05, 0) is 25.0 Å². The molecular weight excluding hydrogens is 276 g/mol. The van der Waals surface area contributed by atoms with Crippen molar-refractivity contribution in [2.75, 3.05) is 6.54 Å². The fourth-order valence-electron chi connectivity index (χ4n) is 3.15. The SMILES string of the molecule is CC(=O)N1CCCC1c1cccc(-n2ccnc2C(C)C)n1. The van der Waals surface area contributed by atoms with Gasteiger partial charge in [0.2, 0.25) is 5.91 Å². The first-order valence-corrected chi connectivity index (χ1v) is 7.85. The highest BCUT2D eigenvalue weighted by atomic mass is 16.2. The average Bonchev–Trinajstić information content (AvgIpc) is 3.16. The van der Waals surface area contributed by atoms with Gasteiger partial charge in [-0.1, -0.05) is 19.9 Å². The standard InChI is InChI=1S/C17H22N4O/c1-12(2)17-18-9-11-21(17)16-8-4-6-14(19-16)15-7-5-10-20(15)13(3)22/h4,6,8-9,11-12,15H,5,7,10H2,1-3H3. The minimum Gasteiger partial charge on any atom is -0.334 e. The number of aromatic nitrogens is 3. The molecule has 1 fully saturated rings. The van der Waals surface area contributed by atoms with Gasteiger partial charge in [0.05, 0.1) is 11.7 Å². The summed E-state index contributed by atoms with van der Waals surface area (Å²) >= 11 is 0. The largest absolute Gasteiger partial charge is 0.334 e. The number of carbonyl (C=O) groups is 1. The van der Waals surface area contributed by atoms with Crippen molar-refractivity contribution in [3.63, 3.8) is 0 Å². The van der Waals surface area contributed by atoms with E-state index in [0.29, 0.717) is 5.92 Å². The van der Waals surface area contributed by atoms with Crippen LogP contribution in [0.25, 0.3) is 5.82 Å². The number of imidazole rings is 1. The van der Waals surface area contributed by atoms with Gasteiger partial charge >= 0.3 is 0 Å². The van der Waals surface area contributed by atoms with E-state index in [9.17, 15) is 4.79 Å². The van der Waals surface area contributed by atoms with Crippen molar-refractivity contribution < 1.29 is 4.79 Å². The summed E-state index contributed by atoms with van der Waals surface area (Å²) < 4.78 is 2.03. The quantitative estimate of drug-likeness (QED) is 0.875. The molecule has 2 aromatic heterocycles. The van der Waals surface area contributed by atoms with Gasteiger partial charge in [0, 0.05) is 31.8 Å². The zero-order chi connectivity index (χ0) is 15.7. The lowest BCUT2D eigenvalue weighted by Gasteiger charge is -2.23. The van der Waals surface area contributed by atoms with Gasteiger partial charge in [-0.15, -0.1) is 0 Å². The summed E-state index contributed by atoms with van der Waals surface area (Å²) in [4.78, 5) is 22.9. The van der Waals surface area contributed by atoms with Crippen LogP contribution < -0.4 is 0 Å². The number of amides is 1. The maximum absolute atomic E-state index is 11.8. The number of likely N-dealkylation sites (tertiary alicyclic amines) is 1. The third-order valence-electron chi connectivity index (χ3n) is 4.19. The van der Waals surface area contributed by atoms with E-state index in [1.165, 1.54) is 0 Å². The van der Waals surface area contributed by atoms with E-state index < -0.39 is 0 Å². The van der Waals surface area contributed by atoms with Gasteiger partial charge in [-0.25, -0.2) is 9.97 Å². The van der Waals surface area contributed by atoms with Crippen molar-refractivity contribution in [2.45, 2.75) is 45.6 Å². The maximum atomic E-state index is 11.8. The van der Waals surface area contributed by atoms with Crippen LogP contribution in [0.3, 0.4) is 0 Å². The van der Waals surface area contributed by atoms with E-state index in [-0.39, 0.29) is 11.9 Å². The van der Waals surface area contributed by atoms with Gasteiger partial charge in [0.15, 0.2) is 0 Å². The Balaban J connectivity index is 1.96.